The molecule has 174 valence electrons. The predicted molar refractivity (Wildman–Crippen MR) is 117 cm³/mol. The molecule has 0 spiro atoms. The maximum Gasteiger partial charge on any atom is 0.245 e. The molecule has 0 saturated carbocycles. The monoisotopic (exact) mass is 474 g/mol. The van der Waals surface area contributed by atoms with Crippen LogP contribution in [-0.4, -0.2) is 41.3 Å². The Morgan fingerprint density at radius 1 is 1.12 bits per heavy atom. The second-order valence-corrected chi connectivity index (χ2v) is 9.91. The summed E-state index contributed by atoms with van der Waals surface area (Å²) in [6.07, 6.45) is 3.91. The Kier molecular flexibility index (Phi) is 6.57. The SMILES string of the molecule is Cn1ccnc1[C@@H](NC(=O)C1CCN(S(=O)(=O)c2ccccc2F)CC1)c1cccc(F)c1. The van der Waals surface area contributed by atoms with Crippen molar-refractivity contribution >= 4 is 15.9 Å². The van der Waals surface area contributed by atoms with E-state index in [1.165, 1.54) is 34.6 Å². The third-order valence-electron chi connectivity index (χ3n) is 5.86. The molecule has 0 unspecified atom stereocenters. The number of sulfonamides is 1. The van der Waals surface area contributed by atoms with E-state index in [2.05, 4.69) is 10.3 Å². The van der Waals surface area contributed by atoms with Crippen LogP contribution >= 0.6 is 0 Å². The summed E-state index contributed by atoms with van der Waals surface area (Å²) in [7, 11) is -2.20. The van der Waals surface area contributed by atoms with Crippen molar-refractivity contribution in [1.29, 1.82) is 0 Å². The van der Waals surface area contributed by atoms with Crippen LogP contribution in [0.3, 0.4) is 0 Å². The minimum Gasteiger partial charge on any atom is -0.342 e. The number of aromatic nitrogens is 2. The number of rotatable bonds is 6. The molecule has 2 aromatic carbocycles. The topological polar surface area (TPSA) is 84.3 Å². The second kappa shape index (κ2) is 9.40. The fourth-order valence-electron chi connectivity index (χ4n) is 4.05. The van der Waals surface area contributed by atoms with Gasteiger partial charge in [-0.15, -0.1) is 0 Å². The van der Waals surface area contributed by atoms with Gasteiger partial charge in [-0.1, -0.05) is 24.3 Å². The van der Waals surface area contributed by atoms with Gasteiger partial charge in [0.2, 0.25) is 15.9 Å². The van der Waals surface area contributed by atoms with Crippen molar-refractivity contribution in [2.75, 3.05) is 13.1 Å². The highest BCUT2D eigenvalue weighted by Gasteiger charge is 2.34. The van der Waals surface area contributed by atoms with Crippen molar-refractivity contribution in [3.05, 3.63) is 83.9 Å². The number of imidazole rings is 1. The van der Waals surface area contributed by atoms with Gasteiger partial charge in [-0.25, -0.2) is 22.2 Å². The highest BCUT2D eigenvalue weighted by atomic mass is 32.2. The van der Waals surface area contributed by atoms with Crippen LogP contribution in [0.5, 0.6) is 0 Å². The van der Waals surface area contributed by atoms with Crippen LogP contribution in [0.15, 0.2) is 65.8 Å². The fourth-order valence-corrected chi connectivity index (χ4v) is 5.58. The van der Waals surface area contributed by atoms with Gasteiger partial charge >= 0.3 is 0 Å². The molecule has 1 aliphatic rings. The first-order valence-electron chi connectivity index (χ1n) is 10.5. The van der Waals surface area contributed by atoms with Gasteiger partial charge in [-0.2, -0.15) is 4.31 Å². The summed E-state index contributed by atoms with van der Waals surface area (Å²) in [5, 5.41) is 2.95. The van der Waals surface area contributed by atoms with E-state index >= 15 is 0 Å². The van der Waals surface area contributed by atoms with E-state index in [9.17, 15) is 22.0 Å². The Morgan fingerprint density at radius 3 is 2.48 bits per heavy atom. The summed E-state index contributed by atoms with van der Waals surface area (Å²) in [4.78, 5) is 17.0. The van der Waals surface area contributed by atoms with Gasteiger partial charge in [0, 0.05) is 38.4 Å². The molecule has 0 radical (unpaired) electrons. The normalized spacial score (nSPS) is 16.5. The zero-order valence-electron chi connectivity index (χ0n) is 18.0. The predicted octanol–water partition coefficient (Wildman–Crippen LogP) is 3.00. The first-order chi connectivity index (χ1) is 15.8. The molecule has 0 bridgehead atoms. The molecule has 1 aliphatic heterocycles. The van der Waals surface area contributed by atoms with E-state index in [1.54, 1.807) is 36.1 Å². The van der Waals surface area contributed by atoms with Gasteiger partial charge in [0.25, 0.3) is 0 Å². The molecule has 2 heterocycles. The number of piperidine rings is 1. The lowest BCUT2D eigenvalue weighted by molar-refractivity contribution is -0.126. The molecule has 10 heteroatoms. The quantitative estimate of drug-likeness (QED) is 0.595. The average Bonchev–Trinajstić information content (AvgIpc) is 3.23. The number of nitrogens with zero attached hydrogens (tertiary/aromatic N) is 3. The molecular weight excluding hydrogens is 450 g/mol. The van der Waals surface area contributed by atoms with Crippen LogP contribution in [0.4, 0.5) is 8.78 Å². The van der Waals surface area contributed by atoms with Crippen LogP contribution in [0.1, 0.15) is 30.3 Å². The Bertz CT molecular complexity index is 1250. The minimum absolute atomic E-state index is 0.0990. The summed E-state index contributed by atoms with van der Waals surface area (Å²) in [5.41, 5.74) is 0.553. The Balaban J connectivity index is 1.48. The van der Waals surface area contributed by atoms with E-state index in [0.717, 1.165) is 6.07 Å². The largest absolute Gasteiger partial charge is 0.342 e. The molecule has 33 heavy (non-hydrogen) atoms. The smallest absolute Gasteiger partial charge is 0.245 e. The number of hydrogen-bond acceptors (Lipinski definition) is 4. The summed E-state index contributed by atoms with van der Waals surface area (Å²) >= 11 is 0. The van der Waals surface area contributed by atoms with Crippen molar-refractivity contribution in [2.24, 2.45) is 13.0 Å². The van der Waals surface area contributed by atoms with E-state index in [4.69, 9.17) is 0 Å². The van der Waals surface area contributed by atoms with E-state index in [-0.39, 0.29) is 36.7 Å². The van der Waals surface area contributed by atoms with Crippen LogP contribution in [0, 0.1) is 17.6 Å². The molecular formula is C23H24F2N4O3S. The molecule has 1 amide bonds. The number of halogens is 2. The van der Waals surface area contributed by atoms with Crippen molar-refractivity contribution in [1.82, 2.24) is 19.2 Å². The Morgan fingerprint density at radius 2 is 1.85 bits per heavy atom. The number of nitrogens with one attached hydrogen (secondary N) is 1. The first kappa shape index (κ1) is 23.1. The Labute approximate surface area is 191 Å². The summed E-state index contributed by atoms with van der Waals surface area (Å²) in [5.74, 6) is -1.38. The number of aryl methyl sites for hydroxylation is 1. The Hall–Kier alpha value is -3.11. The van der Waals surface area contributed by atoms with Gasteiger partial charge in [0.05, 0.1) is 0 Å². The lowest BCUT2D eigenvalue weighted by Gasteiger charge is -2.31. The average molecular weight is 475 g/mol. The highest BCUT2D eigenvalue weighted by molar-refractivity contribution is 7.89. The summed E-state index contributed by atoms with van der Waals surface area (Å²) in [6.45, 7) is 0.198. The van der Waals surface area contributed by atoms with Crippen molar-refractivity contribution in [2.45, 2.75) is 23.8 Å². The standard InChI is InChI=1S/C23H24F2N4O3S/c1-28-14-11-26-22(28)21(17-5-4-6-18(24)15-17)27-23(30)16-9-12-29(13-10-16)33(31,32)20-8-3-2-7-19(20)25/h2-8,11,14-16,21H,9-10,12-13H2,1H3,(H,27,30)/t21-/m0/s1. The number of hydrogen-bond donors (Lipinski definition) is 1. The molecule has 0 aliphatic carbocycles. The van der Waals surface area contributed by atoms with Gasteiger partial charge in [-0.3, -0.25) is 4.79 Å². The molecule has 1 saturated heterocycles. The van der Waals surface area contributed by atoms with Gasteiger partial charge < -0.3 is 9.88 Å². The van der Waals surface area contributed by atoms with Crippen molar-refractivity contribution in [3.8, 4) is 0 Å². The van der Waals surface area contributed by atoms with Gasteiger partial charge in [-0.05, 0) is 42.7 Å². The molecule has 1 N–H and O–H groups in total. The molecule has 7 nitrogen and oxygen atoms in total. The van der Waals surface area contributed by atoms with Crippen molar-refractivity contribution < 1.29 is 22.0 Å². The molecule has 1 fully saturated rings. The van der Waals surface area contributed by atoms with Crippen LogP contribution in [0.25, 0.3) is 0 Å². The van der Waals surface area contributed by atoms with Crippen molar-refractivity contribution in [3.63, 3.8) is 0 Å². The lowest BCUT2D eigenvalue weighted by atomic mass is 9.96. The maximum atomic E-state index is 14.0. The third-order valence-corrected chi connectivity index (χ3v) is 7.80. The highest BCUT2D eigenvalue weighted by Crippen LogP contribution is 2.27. The van der Waals surface area contributed by atoms with Gasteiger partial charge in [0.15, 0.2) is 0 Å². The summed E-state index contributed by atoms with van der Waals surface area (Å²) < 4.78 is 56.5. The van der Waals surface area contributed by atoms with Crippen LogP contribution < -0.4 is 5.32 Å². The van der Waals surface area contributed by atoms with E-state index in [1.807, 2.05) is 0 Å². The lowest BCUT2D eigenvalue weighted by Crippen LogP contribution is -2.44. The molecule has 4 rings (SSSR count). The molecule has 1 aromatic heterocycles. The second-order valence-electron chi connectivity index (χ2n) is 8.00. The number of benzene rings is 2. The van der Waals surface area contributed by atoms with Crippen LogP contribution in [0.2, 0.25) is 0 Å². The van der Waals surface area contributed by atoms with E-state index in [0.29, 0.717) is 11.4 Å². The van der Waals surface area contributed by atoms with E-state index < -0.39 is 33.6 Å². The minimum atomic E-state index is -3.98. The van der Waals surface area contributed by atoms with Gasteiger partial charge in [0.1, 0.15) is 28.4 Å². The summed E-state index contributed by atoms with van der Waals surface area (Å²) in [6, 6.07) is 10.5. The first-order valence-corrected chi connectivity index (χ1v) is 12.0. The van der Waals surface area contributed by atoms with Crippen LogP contribution in [-0.2, 0) is 21.9 Å². The molecule has 3 aromatic rings. The zero-order chi connectivity index (χ0) is 23.6. The zero-order valence-corrected chi connectivity index (χ0v) is 18.8. The number of carbonyl (C=O) groups is 1. The molecule has 1 atom stereocenters. The third kappa shape index (κ3) is 4.81. The maximum absolute atomic E-state index is 14.0. The number of amides is 1. The number of carbonyl (C=O) groups excluding carboxylic acids is 1. The fraction of sp³-hybridized carbons (Fsp3) is 0.304.